The number of hydrogen-bond acceptors (Lipinski definition) is 6. The van der Waals surface area contributed by atoms with E-state index in [0.717, 1.165) is 39.7 Å². The summed E-state index contributed by atoms with van der Waals surface area (Å²) in [5.41, 5.74) is 2.12. The Balaban J connectivity index is 1.59. The first-order valence-electron chi connectivity index (χ1n) is 11.0. The molecule has 34 heavy (non-hydrogen) atoms. The molecule has 3 aromatic rings. The number of anilines is 1. The molecule has 0 fully saturated rings. The van der Waals surface area contributed by atoms with E-state index in [9.17, 15) is 14.9 Å². The quantitative estimate of drug-likeness (QED) is 0.216. The minimum atomic E-state index is -0.596. The Hall–Kier alpha value is -3.15. The number of esters is 1. The first-order chi connectivity index (χ1) is 16.4. The molecule has 0 saturated heterocycles. The second kappa shape index (κ2) is 10.4. The van der Waals surface area contributed by atoms with Crippen LogP contribution in [0.5, 0.6) is 0 Å². The van der Waals surface area contributed by atoms with Crippen LogP contribution in [0.1, 0.15) is 46.8 Å². The highest BCUT2D eigenvalue weighted by molar-refractivity contribution is 9.10. The predicted molar refractivity (Wildman–Crippen MR) is 136 cm³/mol. The van der Waals surface area contributed by atoms with E-state index in [-0.39, 0.29) is 12.2 Å². The van der Waals surface area contributed by atoms with Crippen LogP contribution < -0.4 is 5.32 Å². The van der Waals surface area contributed by atoms with E-state index in [0.29, 0.717) is 28.0 Å². The van der Waals surface area contributed by atoms with Crippen molar-refractivity contribution < 1.29 is 18.7 Å². The maximum absolute atomic E-state index is 13.0. The van der Waals surface area contributed by atoms with Crippen LogP contribution in [0.3, 0.4) is 0 Å². The smallest absolute Gasteiger partial charge is 0.341 e. The lowest BCUT2D eigenvalue weighted by atomic mass is 9.88. The van der Waals surface area contributed by atoms with Crippen molar-refractivity contribution in [2.75, 3.05) is 11.9 Å². The van der Waals surface area contributed by atoms with E-state index >= 15 is 0 Å². The van der Waals surface area contributed by atoms with Crippen LogP contribution in [0.15, 0.2) is 50.9 Å². The number of fused-ring (bicyclic) bond motifs is 1. The number of halogens is 1. The molecule has 1 atom stereocenters. The third-order valence-corrected chi connectivity index (χ3v) is 7.32. The predicted octanol–water partition coefficient (Wildman–Crippen LogP) is 6.62. The molecule has 4 rings (SSSR count). The first kappa shape index (κ1) is 24.0. The number of rotatable bonds is 6. The van der Waals surface area contributed by atoms with Crippen molar-refractivity contribution in [3.05, 3.63) is 68.2 Å². The van der Waals surface area contributed by atoms with E-state index in [1.807, 2.05) is 30.3 Å². The average molecular weight is 539 g/mol. The molecule has 1 aliphatic rings. The standard InChI is InChI=1S/C26H23BrN2O4S/c1-3-32-26(31)23-20-10-4-15(2)12-22(20)34-25(23)29-24(30)17(14-28)13-19-9-11-21(33-19)16-5-7-18(27)8-6-16/h5-9,11,13,15H,3-4,10,12H2,1-2H3,(H,29,30)/b17-13+. The summed E-state index contributed by atoms with van der Waals surface area (Å²) < 4.78 is 12.0. The molecule has 0 saturated carbocycles. The second-order valence-electron chi connectivity index (χ2n) is 8.11. The van der Waals surface area contributed by atoms with Gasteiger partial charge in [-0.2, -0.15) is 5.26 Å². The van der Waals surface area contributed by atoms with Crippen molar-refractivity contribution in [1.82, 2.24) is 0 Å². The molecule has 2 aromatic heterocycles. The molecule has 0 spiro atoms. The molecule has 8 heteroatoms. The maximum atomic E-state index is 13.0. The van der Waals surface area contributed by atoms with Gasteiger partial charge in [0.2, 0.25) is 0 Å². The van der Waals surface area contributed by atoms with Crippen molar-refractivity contribution in [3.63, 3.8) is 0 Å². The fraction of sp³-hybridized carbons (Fsp3) is 0.269. The molecular formula is C26H23BrN2O4S. The first-order valence-corrected chi connectivity index (χ1v) is 12.6. The summed E-state index contributed by atoms with van der Waals surface area (Å²) in [5, 5.41) is 12.8. The summed E-state index contributed by atoms with van der Waals surface area (Å²) in [6.45, 7) is 4.17. The fourth-order valence-electron chi connectivity index (χ4n) is 3.92. The van der Waals surface area contributed by atoms with Crippen LogP contribution in [0.25, 0.3) is 17.4 Å². The van der Waals surface area contributed by atoms with Crippen LogP contribution in [-0.2, 0) is 22.4 Å². The van der Waals surface area contributed by atoms with Gasteiger partial charge in [-0.3, -0.25) is 4.79 Å². The van der Waals surface area contributed by atoms with Crippen LogP contribution in [0, 0.1) is 17.2 Å². The van der Waals surface area contributed by atoms with Gasteiger partial charge in [-0.1, -0.05) is 35.0 Å². The fourth-order valence-corrected chi connectivity index (χ4v) is 5.58. The Morgan fingerprint density at radius 2 is 2.06 bits per heavy atom. The van der Waals surface area contributed by atoms with Gasteiger partial charge in [0.05, 0.1) is 12.2 Å². The van der Waals surface area contributed by atoms with Gasteiger partial charge in [0, 0.05) is 21.0 Å². The van der Waals surface area contributed by atoms with Crippen LogP contribution in [-0.4, -0.2) is 18.5 Å². The zero-order chi connectivity index (χ0) is 24.2. The Morgan fingerprint density at radius 1 is 1.29 bits per heavy atom. The number of nitrogens with zero attached hydrogens (tertiary/aromatic N) is 1. The second-order valence-corrected chi connectivity index (χ2v) is 10.1. The van der Waals surface area contributed by atoms with Crippen molar-refractivity contribution in [1.29, 1.82) is 5.26 Å². The topological polar surface area (TPSA) is 92.3 Å². The molecule has 174 valence electrons. The summed E-state index contributed by atoms with van der Waals surface area (Å²) in [5.74, 6) is 0.479. The van der Waals surface area contributed by atoms with Gasteiger partial charge in [0.1, 0.15) is 28.2 Å². The summed E-state index contributed by atoms with van der Waals surface area (Å²) in [7, 11) is 0. The maximum Gasteiger partial charge on any atom is 0.341 e. The zero-order valence-corrected chi connectivity index (χ0v) is 21.2. The van der Waals surface area contributed by atoms with Crippen LogP contribution >= 0.6 is 27.3 Å². The summed E-state index contributed by atoms with van der Waals surface area (Å²) in [6, 6.07) is 13.1. The van der Waals surface area contributed by atoms with Gasteiger partial charge < -0.3 is 14.5 Å². The number of carbonyl (C=O) groups is 2. The molecule has 1 aliphatic carbocycles. The summed E-state index contributed by atoms with van der Waals surface area (Å²) >= 11 is 4.79. The Kier molecular flexibility index (Phi) is 7.35. The van der Waals surface area contributed by atoms with E-state index in [1.165, 1.54) is 17.4 Å². The van der Waals surface area contributed by atoms with Gasteiger partial charge in [-0.25, -0.2) is 4.79 Å². The summed E-state index contributed by atoms with van der Waals surface area (Å²) in [6.07, 6.45) is 4.00. The molecule has 1 amide bonds. The molecule has 6 nitrogen and oxygen atoms in total. The van der Waals surface area contributed by atoms with E-state index < -0.39 is 11.9 Å². The number of amides is 1. The molecular weight excluding hydrogens is 516 g/mol. The lowest BCUT2D eigenvalue weighted by Gasteiger charge is -2.18. The minimum Gasteiger partial charge on any atom is -0.462 e. The SMILES string of the molecule is CCOC(=O)c1c(NC(=O)/C(C#N)=C/c2ccc(-c3ccc(Br)cc3)o2)sc2c1CCC(C)C2. The summed E-state index contributed by atoms with van der Waals surface area (Å²) in [4.78, 5) is 26.8. The Morgan fingerprint density at radius 3 is 2.76 bits per heavy atom. The number of benzene rings is 1. The van der Waals surface area contributed by atoms with E-state index in [1.54, 1.807) is 19.1 Å². The molecule has 0 radical (unpaired) electrons. The van der Waals surface area contributed by atoms with Crippen molar-refractivity contribution in [3.8, 4) is 17.4 Å². The molecule has 2 heterocycles. The lowest BCUT2D eigenvalue weighted by Crippen LogP contribution is -2.17. The number of furan rings is 1. The molecule has 1 unspecified atom stereocenters. The largest absolute Gasteiger partial charge is 0.462 e. The Bertz CT molecular complexity index is 1300. The molecule has 1 N–H and O–H groups in total. The third kappa shape index (κ3) is 5.16. The van der Waals surface area contributed by atoms with Crippen molar-refractivity contribution in [2.24, 2.45) is 5.92 Å². The van der Waals surface area contributed by atoms with Gasteiger partial charge in [-0.15, -0.1) is 11.3 Å². The number of nitrogens with one attached hydrogen (secondary N) is 1. The third-order valence-electron chi connectivity index (χ3n) is 5.63. The van der Waals surface area contributed by atoms with Gasteiger partial charge in [0.25, 0.3) is 5.91 Å². The normalized spacial score (nSPS) is 15.4. The molecule has 0 bridgehead atoms. The number of thiophene rings is 1. The van der Waals surface area contributed by atoms with E-state index in [2.05, 4.69) is 28.2 Å². The van der Waals surface area contributed by atoms with Gasteiger partial charge in [0.15, 0.2) is 0 Å². The monoisotopic (exact) mass is 538 g/mol. The average Bonchev–Trinajstić information content (AvgIpc) is 3.42. The van der Waals surface area contributed by atoms with Crippen molar-refractivity contribution in [2.45, 2.75) is 33.1 Å². The highest BCUT2D eigenvalue weighted by atomic mass is 79.9. The minimum absolute atomic E-state index is 0.119. The van der Waals surface area contributed by atoms with Gasteiger partial charge in [-0.05, 0) is 61.9 Å². The highest BCUT2D eigenvalue weighted by Gasteiger charge is 2.29. The number of nitriles is 1. The number of ether oxygens (including phenoxy) is 1. The lowest BCUT2D eigenvalue weighted by molar-refractivity contribution is -0.112. The number of carbonyl (C=O) groups excluding carboxylic acids is 2. The van der Waals surface area contributed by atoms with Crippen LogP contribution in [0.4, 0.5) is 5.00 Å². The Labute approximate surface area is 210 Å². The number of hydrogen-bond donors (Lipinski definition) is 1. The molecule has 0 aliphatic heterocycles. The zero-order valence-electron chi connectivity index (χ0n) is 18.8. The van der Waals surface area contributed by atoms with Crippen molar-refractivity contribution >= 4 is 50.2 Å². The van der Waals surface area contributed by atoms with Gasteiger partial charge >= 0.3 is 5.97 Å². The highest BCUT2D eigenvalue weighted by Crippen LogP contribution is 2.40. The van der Waals surface area contributed by atoms with E-state index in [4.69, 9.17) is 9.15 Å². The molecule has 1 aromatic carbocycles. The van der Waals surface area contributed by atoms with Crippen LogP contribution in [0.2, 0.25) is 0 Å².